The Morgan fingerprint density at radius 1 is 1.53 bits per heavy atom. The quantitative estimate of drug-likeness (QED) is 0.894. The summed E-state index contributed by atoms with van der Waals surface area (Å²) in [6.07, 6.45) is 6.23. The summed E-state index contributed by atoms with van der Waals surface area (Å²) in [6.45, 7) is 0. The summed E-state index contributed by atoms with van der Waals surface area (Å²) < 4.78 is 5.38. The van der Waals surface area contributed by atoms with E-state index >= 15 is 0 Å². The van der Waals surface area contributed by atoms with E-state index in [4.69, 9.17) is 16.3 Å². The Balaban J connectivity index is 1.96. The number of nitrogens with zero attached hydrogens (tertiary/aromatic N) is 2. The lowest BCUT2D eigenvalue weighted by molar-refractivity contribution is -0.129. The van der Waals surface area contributed by atoms with Gasteiger partial charge >= 0.3 is 0 Å². The van der Waals surface area contributed by atoms with Crippen molar-refractivity contribution in [1.82, 2.24) is 9.97 Å². The fraction of sp³-hybridized carbons (Fsp3) is 0.545. The normalized spacial score (nSPS) is 17.3. The van der Waals surface area contributed by atoms with E-state index in [1.807, 2.05) is 0 Å². The molecule has 1 fully saturated rings. The number of rotatable bonds is 4. The van der Waals surface area contributed by atoms with Crippen molar-refractivity contribution in [3.8, 4) is 0 Å². The molecule has 1 heterocycles. The van der Waals surface area contributed by atoms with Gasteiger partial charge in [-0.1, -0.05) is 11.6 Å². The number of ether oxygens (including phenoxy) is 1. The molecule has 1 saturated carbocycles. The molecule has 6 heteroatoms. The second kappa shape index (κ2) is 4.98. The van der Waals surface area contributed by atoms with Gasteiger partial charge in [-0.05, 0) is 19.3 Å². The van der Waals surface area contributed by atoms with Gasteiger partial charge in [0.2, 0.25) is 5.91 Å². The SMILES string of the molecule is COC1(CC(=O)Nc2nccnc2Cl)CCC1. The van der Waals surface area contributed by atoms with Gasteiger partial charge in [0.25, 0.3) is 0 Å². The largest absolute Gasteiger partial charge is 0.378 e. The molecule has 92 valence electrons. The Morgan fingerprint density at radius 2 is 2.24 bits per heavy atom. The van der Waals surface area contributed by atoms with E-state index < -0.39 is 0 Å². The summed E-state index contributed by atoms with van der Waals surface area (Å²) in [7, 11) is 1.64. The van der Waals surface area contributed by atoms with E-state index in [1.165, 1.54) is 12.4 Å². The molecule has 1 amide bonds. The number of carbonyl (C=O) groups is 1. The van der Waals surface area contributed by atoms with Crippen LogP contribution in [-0.4, -0.2) is 28.6 Å². The third-order valence-corrected chi connectivity index (χ3v) is 3.37. The number of halogens is 1. The van der Waals surface area contributed by atoms with E-state index in [1.54, 1.807) is 7.11 Å². The molecular formula is C11H14ClN3O2. The number of amides is 1. The summed E-state index contributed by atoms with van der Waals surface area (Å²) in [4.78, 5) is 19.6. The molecule has 0 atom stereocenters. The van der Waals surface area contributed by atoms with Crippen LogP contribution in [0.3, 0.4) is 0 Å². The first-order valence-corrected chi connectivity index (χ1v) is 5.84. The van der Waals surface area contributed by atoms with Crippen molar-refractivity contribution < 1.29 is 9.53 Å². The van der Waals surface area contributed by atoms with Crippen LogP contribution >= 0.6 is 11.6 Å². The Kier molecular flexibility index (Phi) is 3.59. The van der Waals surface area contributed by atoms with E-state index in [0.29, 0.717) is 12.2 Å². The number of hydrogen-bond acceptors (Lipinski definition) is 4. The minimum atomic E-state index is -0.293. The number of nitrogens with one attached hydrogen (secondary N) is 1. The fourth-order valence-corrected chi connectivity index (χ4v) is 2.05. The number of carbonyl (C=O) groups excluding carboxylic acids is 1. The number of methoxy groups -OCH3 is 1. The summed E-state index contributed by atoms with van der Waals surface area (Å²) in [6, 6.07) is 0. The molecular weight excluding hydrogens is 242 g/mol. The zero-order valence-corrected chi connectivity index (χ0v) is 10.3. The number of hydrogen-bond donors (Lipinski definition) is 1. The van der Waals surface area contributed by atoms with Gasteiger partial charge in [0.1, 0.15) is 0 Å². The van der Waals surface area contributed by atoms with Crippen molar-refractivity contribution in [1.29, 1.82) is 0 Å². The Hall–Kier alpha value is -1.20. The van der Waals surface area contributed by atoms with Crippen LogP contribution in [0.5, 0.6) is 0 Å². The zero-order valence-electron chi connectivity index (χ0n) is 9.57. The van der Waals surface area contributed by atoms with Crippen LogP contribution in [0.25, 0.3) is 0 Å². The topological polar surface area (TPSA) is 64.1 Å². The van der Waals surface area contributed by atoms with Gasteiger partial charge in [-0.25, -0.2) is 9.97 Å². The number of aromatic nitrogens is 2. The Labute approximate surface area is 105 Å². The van der Waals surface area contributed by atoms with Crippen LogP contribution in [0.15, 0.2) is 12.4 Å². The molecule has 17 heavy (non-hydrogen) atoms. The van der Waals surface area contributed by atoms with Gasteiger partial charge in [0.15, 0.2) is 11.0 Å². The smallest absolute Gasteiger partial charge is 0.228 e. The Morgan fingerprint density at radius 3 is 2.76 bits per heavy atom. The molecule has 1 aromatic heterocycles. The molecule has 1 aromatic rings. The molecule has 1 N–H and O–H groups in total. The predicted octanol–water partition coefficient (Wildman–Crippen LogP) is 2.03. The Bertz CT molecular complexity index is 415. The maximum Gasteiger partial charge on any atom is 0.228 e. The van der Waals surface area contributed by atoms with Crippen molar-refractivity contribution in [2.75, 3.05) is 12.4 Å². The van der Waals surface area contributed by atoms with Crippen molar-refractivity contribution in [2.24, 2.45) is 0 Å². The summed E-state index contributed by atoms with van der Waals surface area (Å²) in [5.41, 5.74) is -0.293. The van der Waals surface area contributed by atoms with Gasteiger partial charge in [0, 0.05) is 19.5 Å². The minimum absolute atomic E-state index is 0.144. The molecule has 0 spiro atoms. The third kappa shape index (κ3) is 2.73. The molecule has 0 saturated heterocycles. The second-order valence-electron chi connectivity index (χ2n) is 4.16. The van der Waals surface area contributed by atoms with Crippen LogP contribution in [-0.2, 0) is 9.53 Å². The first-order valence-electron chi connectivity index (χ1n) is 5.47. The van der Waals surface area contributed by atoms with Gasteiger partial charge in [-0.3, -0.25) is 4.79 Å². The number of anilines is 1. The molecule has 0 radical (unpaired) electrons. The maximum absolute atomic E-state index is 11.8. The molecule has 0 unspecified atom stereocenters. The van der Waals surface area contributed by atoms with Crippen molar-refractivity contribution in [3.63, 3.8) is 0 Å². The van der Waals surface area contributed by atoms with Gasteiger partial charge in [0.05, 0.1) is 12.0 Å². The van der Waals surface area contributed by atoms with Crippen LogP contribution in [0.1, 0.15) is 25.7 Å². The van der Waals surface area contributed by atoms with Crippen LogP contribution in [0.2, 0.25) is 5.15 Å². The standard InChI is InChI=1S/C11H14ClN3O2/c1-17-11(3-2-4-11)7-8(16)15-10-9(12)13-5-6-14-10/h5-6H,2-4,7H2,1H3,(H,14,15,16). The van der Waals surface area contributed by atoms with Crippen molar-refractivity contribution in [2.45, 2.75) is 31.3 Å². The maximum atomic E-state index is 11.8. The van der Waals surface area contributed by atoms with Crippen LogP contribution in [0.4, 0.5) is 5.82 Å². The van der Waals surface area contributed by atoms with Gasteiger partial charge < -0.3 is 10.1 Å². The minimum Gasteiger partial charge on any atom is -0.378 e. The van der Waals surface area contributed by atoms with Gasteiger partial charge in [-0.2, -0.15) is 0 Å². The third-order valence-electron chi connectivity index (χ3n) is 3.09. The van der Waals surface area contributed by atoms with E-state index in [0.717, 1.165) is 19.3 Å². The van der Waals surface area contributed by atoms with Gasteiger partial charge in [-0.15, -0.1) is 0 Å². The highest BCUT2D eigenvalue weighted by atomic mass is 35.5. The molecule has 0 bridgehead atoms. The highest BCUT2D eigenvalue weighted by Crippen LogP contribution is 2.38. The highest BCUT2D eigenvalue weighted by Gasteiger charge is 2.39. The summed E-state index contributed by atoms with van der Waals surface area (Å²) in [5, 5.41) is 2.84. The summed E-state index contributed by atoms with van der Waals surface area (Å²) in [5.74, 6) is 0.152. The monoisotopic (exact) mass is 255 g/mol. The van der Waals surface area contributed by atoms with Crippen LogP contribution in [0, 0.1) is 0 Å². The molecule has 1 aliphatic rings. The first kappa shape index (κ1) is 12.3. The van der Waals surface area contributed by atoms with E-state index in [-0.39, 0.29) is 16.7 Å². The second-order valence-corrected chi connectivity index (χ2v) is 4.52. The molecule has 0 aromatic carbocycles. The lowest BCUT2D eigenvalue weighted by Gasteiger charge is -2.39. The molecule has 5 nitrogen and oxygen atoms in total. The fourth-order valence-electron chi connectivity index (χ4n) is 1.90. The zero-order chi connectivity index (χ0) is 12.3. The first-order chi connectivity index (χ1) is 8.15. The molecule has 2 rings (SSSR count). The van der Waals surface area contributed by atoms with E-state index in [9.17, 15) is 4.79 Å². The predicted molar refractivity (Wildman–Crippen MR) is 63.9 cm³/mol. The van der Waals surface area contributed by atoms with E-state index in [2.05, 4.69) is 15.3 Å². The van der Waals surface area contributed by atoms with Crippen molar-refractivity contribution in [3.05, 3.63) is 17.5 Å². The highest BCUT2D eigenvalue weighted by molar-refractivity contribution is 6.32. The van der Waals surface area contributed by atoms with Crippen molar-refractivity contribution >= 4 is 23.3 Å². The summed E-state index contributed by atoms with van der Waals surface area (Å²) >= 11 is 5.80. The average Bonchev–Trinajstić information content (AvgIpc) is 2.27. The lowest BCUT2D eigenvalue weighted by atomic mass is 9.77. The van der Waals surface area contributed by atoms with Crippen LogP contribution < -0.4 is 5.32 Å². The average molecular weight is 256 g/mol. The molecule has 1 aliphatic carbocycles. The lowest BCUT2D eigenvalue weighted by Crippen LogP contribution is -2.42. The molecule has 0 aliphatic heterocycles.